The number of aromatic hydroxyl groups is 1. The van der Waals surface area contributed by atoms with Gasteiger partial charge in [-0.2, -0.15) is 0 Å². The minimum absolute atomic E-state index is 0.0234. The van der Waals surface area contributed by atoms with Gasteiger partial charge in [-0.15, -0.1) is 5.06 Å². The fourth-order valence-electron chi connectivity index (χ4n) is 5.65. The lowest BCUT2D eigenvalue weighted by molar-refractivity contribution is -0.207. The summed E-state index contributed by atoms with van der Waals surface area (Å²) in [5.74, 6) is 0.149. The van der Waals surface area contributed by atoms with Crippen molar-refractivity contribution in [1.29, 1.82) is 0 Å². The number of rotatable bonds is 18. The molecule has 0 saturated heterocycles. The Morgan fingerprint density at radius 2 is 1.63 bits per heavy atom. The molecule has 1 aliphatic heterocycles. The van der Waals surface area contributed by atoms with Crippen molar-refractivity contribution >= 4 is 18.0 Å². The summed E-state index contributed by atoms with van der Waals surface area (Å²) in [7, 11) is 0. The molecule has 54 heavy (non-hydrogen) atoms. The second-order valence-corrected chi connectivity index (χ2v) is 13.8. The zero-order chi connectivity index (χ0) is 38.5. The van der Waals surface area contributed by atoms with Crippen LogP contribution in [0.15, 0.2) is 84.9 Å². The Labute approximate surface area is 314 Å². The normalized spacial score (nSPS) is 12.6. The highest BCUT2D eigenvalue weighted by Crippen LogP contribution is 2.37. The number of carboxylic acid groups (broad SMARTS) is 1. The standard InChI is InChI=1S/C41H47N3O10/c1-41(2,3)53-40(49)42-20-10-21-44(34(39(47)48)23-28-14-17-32(45)18-15-28)54-38(46)13-8-5-9-22-50-37-26-31(24-33(43-37)29-11-6-4-7-12-29)30-16-19-35-36(25-30)52-27-51-35/h4,6-7,11-12,14-19,24-26,34,45H,5,8-10,13,20-23,27H2,1-3H3,(H,42,49)(H,47,48)/t34-/m0/s1. The average molecular weight is 742 g/mol. The van der Waals surface area contributed by atoms with E-state index < -0.39 is 29.7 Å². The van der Waals surface area contributed by atoms with E-state index in [1.54, 1.807) is 32.9 Å². The van der Waals surface area contributed by atoms with Gasteiger partial charge in [-0.1, -0.05) is 48.5 Å². The van der Waals surface area contributed by atoms with Crippen LogP contribution in [0.5, 0.6) is 23.1 Å². The van der Waals surface area contributed by atoms with Crippen LogP contribution < -0.4 is 19.5 Å². The first-order chi connectivity index (χ1) is 25.9. The molecule has 0 radical (unpaired) electrons. The van der Waals surface area contributed by atoms with Crippen molar-refractivity contribution in [3.8, 4) is 45.5 Å². The third-order valence-corrected chi connectivity index (χ3v) is 8.29. The molecule has 5 rings (SSSR count). The largest absolute Gasteiger partial charge is 0.508 e. The molecular weight excluding hydrogens is 694 g/mol. The van der Waals surface area contributed by atoms with Crippen molar-refractivity contribution in [2.45, 2.75) is 70.9 Å². The Bertz CT molecular complexity index is 1860. The summed E-state index contributed by atoms with van der Waals surface area (Å²) in [6.45, 7) is 6.04. The summed E-state index contributed by atoms with van der Waals surface area (Å²) < 4.78 is 22.4. The smallest absolute Gasteiger partial charge is 0.407 e. The number of amides is 1. The lowest BCUT2D eigenvalue weighted by atomic mass is 10.0. The molecule has 0 unspecified atom stereocenters. The minimum atomic E-state index is -1.20. The predicted molar refractivity (Wildman–Crippen MR) is 200 cm³/mol. The SMILES string of the molecule is CC(C)(C)OC(=O)NCCCN(OC(=O)CCCCCOc1cc(-c2ccc3c(c2)OCO3)cc(-c2ccccc2)n1)[C@@H](Cc1ccc(O)cc1)C(=O)O. The van der Waals surface area contributed by atoms with Gasteiger partial charge in [0.15, 0.2) is 11.5 Å². The van der Waals surface area contributed by atoms with Gasteiger partial charge in [0.25, 0.3) is 0 Å². The quantitative estimate of drug-likeness (QED) is 0.0697. The van der Waals surface area contributed by atoms with Gasteiger partial charge in [0.2, 0.25) is 12.7 Å². The second kappa shape index (κ2) is 18.8. The number of carbonyl (C=O) groups is 3. The van der Waals surface area contributed by atoms with Crippen molar-refractivity contribution < 1.29 is 48.4 Å². The minimum Gasteiger partial charge on any atom is -0.508 e. The number of hydrogen-bond donors (Lipinski definition) is 3. The molecule has 2 heterocycles. The van der Waals surface area contributed by atoms with Crippen molar-refractivity contribution in [3.63, 3.8) is 0 Å². The maximum atomic E-state index is 13.0. The van der Waals surface area contributed by atoms with E-state index in [9.17, 15) is 24.6 Å². The Kier molecular flexibility index (Phi) is 13.7. The summed E-state index contributed by atoms with van der Waals surface area (Å²) in [6, 6.07) is 24.5. The first-order valence-corrected chi connectivity index (χ1v) is 18.0. The molecule has 1 amide bonds. The van der Waals surface area contributed by atoms with Gasteiger partial charge >= 0.3 is 18.0 Å². The highest BCUT2D eigenvalue weighted by Gasteiger charge is 2.29. The first-order valence-electron chi connectivity index (χ1n) is 18.0. The monoisotopic (exact) mass is 741 g/mol. The topological polar surface area (TPSA) is 166 Å². The number of phenolic OH excluding ortho intramolecular Hbond substituents is 1. The molecule has 0 spiro atoms. The lowest BCUT2D eigenvalue weighted by Gasteiger charge is -2.27. The zero-order valence-corrected chi connectivity index (χ0v) is 30.8. The Morgan fingerprint density at radius 3 is 2.37 bits per heavy atom. The van der Waals surface area contributed by atoms with E-state index in [2.05, 4.69) is 5.32 Å². The average Bonchev–Trinajstić information content (AvgIpc) is 3.62. The van der Waals surface area contributed by atoms with E-state index in [4.69, 9.17) is 28.8 Å². The number of carbonyl (C=O) groups excluding carboxylic acids is 2. The van der Waals surface area contributed by atoms with Gasteiger partial charge in [0.1, 0.15) is 17.4 Å². The van der Waals surface area contributed by atoms with Gasteiger partial charge in [-0.05, 0) is 93.5 Å². The molecule has 0 bridgehead atoms. The van der Waals surface area contributed by atoms with Gasteiger partial charge in [-0.25, -0.2) is 9.78 Å². The van der Waals surface area contributed by atoms with Crippen molar-refractivity contribution in [3.05, 3.63) is 90.5 Å². The molecule has 13 heteroatoms. The maximum absolute atomic E-state index is 13.0. The van der Waals surface area contributed by atoms with Crippen molar-refractivity contribution in [2.75, 3.05) is 26.5 Å². The second-order valence-electron chi connectivity index (χ2n) is 13.8. The Balaban J connectivity index is 1.15. The van der Waals surface area contributed by atoms with Crippen LogP contribution in [0.4, 0.5) is 4.79 Å². The number of fused-ring (bicyclic) bond motifs is 1. The molecule has 0 fully saturated rings. The van der Waals surface area contributed by atoms with E-state index in [0.29, 0.717) is 55.2 Å². The molecule has 286 valence electrons. The first kappa shape index (κ1) is 39.4. The molecule has 4 aromatic rings. The lowest BCUT2D eigenvalue weighted by Crippen LogP contribution is -2.45. The summed E-state index contributed by atoms with van der Waals surface area (Å²) in [4.78, 5) is 47.9. The zero-order valence-electron chi connectivity index (χ0n) is 30.8. The Hall–Kier alpha value is -5.82. The molecule has 13 nitrogen and oxygen atoms in total. The van der Waals surface area contributed by atoms with E-state index in [1.807, 2.05) is 60.7 Å². The maximum Gasteiger partial charge on any atom is 0.407 e. The van der Waals surface area contributed by atoms with Crippen LogP contribution in [-0.2, 0) is 25.6 Å². The van der Waals surface area contributed by atoms with E-state index in [0.717, 1.165) is 27.4 Å². The third-order valence-electron chi connectivity index (χ3n) is 8.29. The molecule has 1 atom stereocenters. The summed E-state index contributed by atoms with van der Waals surface area (Å²) in [5.41, 5.74) is 3.53. The highest BCUT2D eigenvalue weighted by atomic mass is 16.7. The summed E-state index contributed by atoms with van der Waals surface area (Å²) in [5, 5.41) is 23.6. The molecule has 1 aliphatic rings. The molecule has 0 saturated carbocycles. The van der Waals surface area contributed by atoms with Crippen LogP contribution in [0.2, 0.25) is 0 Å². The number of ether oxygens (including phenoxy) is 4. The number of hydrogen-bond acceptors (Lipinski definition) is 11. The van der Waals surface area contributed by atoms with Gasteiger partial charge in [-0.3, -0.25) is 9.59 Å². The van der Waals surface area contributed by atoms with Crippen LogP contribution in [-0.4, -0.2) is 76.4 Å². The summed E-state index contributed by atoms with van der Waals surface area (Å²) >= 11 is 0. The predicted octanol–water partition coefficient (Wildman–Crippen LogP) is 7.16. The number of carboxylic acids is 1. The van der Waals surface area contributed by atoms with Gasteiger partial charge in [0, 0.05) is 37.6 Å². The van der Waals surface area contributed by atoms with Crippen LogP contribution in [0.1, 0.15) is 58.4 Å². The number of pyridine rings is 1. The molecule has 3 aromatic carbocycles. The van der Waals surface area contributed by atoms with Gasteiger partial charge in [0.05, 0.1) is 12.3 Å². The van der Waals surface area contributed by atoms with Crippen LogP contribution in [0.25, 0.3) is 22.4 Å². The van der Waals surface area contributed by atoms with E-state index >= 15 is 0 Å². The molecule has 1 aromatic heterocycles. The molecular formula is C41H47N3O10. The van der Waals surface area contributed by atoms with Crippen molar-refractivity contribution in [1.82, 2.24) is 15.4 Å². The van der Waals surface area contributed by atoms with Crippen molar-refractivity contribution in [2.24, 2.45) is 0 Å². The number of nitrogens with zero attached hydrogens (tertiary/aromatic N) is 2. The number of hydroxylamine groups is 2. The van der Waals surface area contributed by atoms with E-state index in [-0.39, 0.29) is 38.5 Å². The number of alkyl carbamates (subject to hydrolysis) is 1. The number of phenols is 1. The van der Waals surface area contributed by atoms with Crippen LogP contribution in [0.3, 0.4) is 0 Å². The third kappa shape index (κ3) is 12.1. The fraction of sp³-hybridized carbons (Fsp3) is 0.366. The number of aromatic nitrogens is 1. The van der Waals surface area contributed by atoms with Crippen LogP contribution >= 0.6 is 0 Å². The number of aliphatic carboxylic acids is 1. The summed E-state index contributed by atoms with van der Waals surface area (Å²) in [6.07, 6.45) is 1.56. The number of benzene rings is 3. The van der Waals surface area contributed by atoms with Crippen LogP contribution in [0, 0.1) is 0 Å². The van der Waals surface area contributed by atoms with Gasteiger partial charge < -0.3 is 39.3 Å². The molecule has 0 aliphatic carbocycles. The van der Waals surface area contributed by atoms with E-state index in [1.165, 1.54) is 12.1 Å². The fourth-order valence-corrected chi connectivity index (χ4v) is 5.65. The number of nitrogens with one attached hydrogen (secondary N) is 1. The number of unbranched alkanes of at least 4 members (excludes halogenated alkanes) is 2. The Morgan fingerprint density at radius 1 is 0.870 bits per heavy atom. The highest BCUT2D eigenvalue weighted by molar-refractivity contribution is 5.75. The molecule has 3 N–H and O–H groups in total.